The lowest BCUT2D eigenvalue weighted by molar-refractivity contribution is 0.0438. The van der Waals surface area contributed by atoms with E-state index in [1.807, 2.05) is 0 Å². The van der Waals surface area contributed by atoms with Crippen LogP contribution in [0.4, 0.5) is 0 Å². The summed E-state index contributed by atoms with van der Waals surface area (Å²) in [5.41, 5.74) is -0.455. The van der Waals surface area contributed by atoms with Gasteiger partial charge in [-0.15, -0.1) is 0 Å². The van der Waals surface area contributed by atoms with Gasteiger partial charge in [-0.2, -0.15) is 0 Å². The molecule has 19 heavy (non-hydrogen) atoms. The molecule has 1 aliphatic rings. The first-order chi connectivity index (χ1) is 9.06. The summed E-state index contributed by atoms with van der Waals surface area (Å²) in [5.74, 6) is -0.240. The molecule has 0 saturated heterocycles. The van der Waals surface area contributed by atoms with Crippen LogP contribution in [-0.2, 0) is 4.74 Å². The lowest BCUT2D eigenvalue weighted by Gasteiger charge is -2.28. The molecule has 7 nitrogen and oxygen atoms in total. The normalized spacial score (nSPS) is 30.5. The number of methoxy groups -OCH3 is 1. The number of ether oxygens (including phenoxy) is 1. The second kappa shape index (κ2) is 5.68. The van der Waals surface area contributed by atoms with Gasteiger partial charge in [-0.25, -0.2) is 0 Å². The zero-order valence-electron chi connectivity index (χ0n) is 10.7. The number of aliphatic hydroxyl groups excluding tert-OH is 2. The minimum absolute atomic E-state index is 0.131. The minimum Gasteiger partial charge on any atom is -0.390 e. The quantitative estimate of drug-likeness (QED) is 0.669. The first kappa shape index (κ1) is 14.0. The topological polar surface area (TPSA) is 105 Å². The van der Waals surface area contributed by atoms with E-state index in [2.05, 4.69) is 10.5 Å². The molecule has 0 spiro atoms. The summed E-state index contributed by atoms with van der Waals surface area (Å²) in [7, 11) is 1.55. The summed E-state index contributed by atoms with van der Waals surface area (Å²) >= 11 is 0. The van der Waals surface area contributed by atoms with Gasteiger partial charge < -0.3 is 24.8 Å². The van der Waals surface area contributed by atoms with E-state index in [1.165, 1.54) is 12.3 Å². The highest BCUT2D eigenvalue weighted by atomic mass is 16.5. The van der Waals surface area contributed by atoms with Crippen LogP contribution < -0.4 is 5.32 Å². The number of carbonyl (C=O) groups excluding carboxylic acids is 1. The van der Waals surface area contributed by atoms with E-state index in [9.17, 15) is 15.0 Å². The molecular formula is C12H18N2O5. The van der Waals surface area contributed by atoms with Crippen LogP contribution in [0.15, 0.2) is 16.8 Å². The summed E-state index contributed by atoms with van der Waals surface area (Å²) in [6.07, 6.45) is 0.606. The van der Waals surface area contributed by atoms with E-state index in [1.54, 1.807) is 7.11 Å². The smallest absolute Gasteiger partial charge is 0.289 e. The minimum atomic E-state index is -0.780. The third-order valence-electron chi connectivity index (χ3n) is 3.46. The fourth-order valence-corrected chi connectivity index (χ4v) is 2.55. The summed E-state index contributed by atoms with van der Waals surface area (Å²) in [6.45, 7) is 0.659. The van der Waals surface area contributed by atoms with Crippen molar-refractivity contribution in [3.05, 3.63) is 18.0 Å². The Kier molecular flexibility index (Phi) is 4.18. The van der Waals surface area contributed by atoms with Crippen molar-refractivity contribution in [2.24, 2.45) is 5.41 Å². The van der Waals surface area contributed by atoms with Crippen LogP contribution in [0.25, 0.3) is 0 Å². The maximum Gasteiger partial charge on any atom is 0.289 e. The standard InChI is InChI=1S/C12H18N2O5/c1-18-7-12(4-8(15)9(16)5-12)6-13-11(17)10-2-3-14-19-10/h2-3,8-9,15-16H,4-7H2,1H3,(H,13,17). The van der Waals surface area contributed by atoms with Crippen molar-refractivity contribution in [3.8, 4) is 0 Å². The fraction of sp³-hybridized carbons (Fsp3) is 0.667. The number of hydrogen-bond donors (Lipinski definition) is 3. The van der Waals surface area contributed by atoms with Crippen LogP contribution in [0.5, 0.6) is 0 Å². The molecule has 1 fully saturated rings. The molecule has 0 radical (unpaired) electrons. The molecule has 1 amide bonds. The number of amides is 1. The molecule has 106 valence electrons. The molecule has 0 aliphatic heterocycles. The second-order valence-corrected chi connectivity index (χ2v) is 5.04. The third-order valence-corrected chi connectivity index (χ3v) is 3.46. The van der Waals surface area contributed by atoms with Gasteiger partial charge in [-0.1, -0.05) is 5.16 Å². The van der Waals surface area contributed by atoms with Crippen molar-refractivity contribution >= 4 is 5.91 Å². The summed E-state index contributed by atoms with van der Waals surface area (Å²) in [6, 6.07) is 1.47. The number of aromatic nitrogens is 1. The van der Waals surface area contributed by atoms with E-state index in [0.717, 1.165) is 0 Å². The number of aliphatic hydroxyl groups is 2. The Morgan fingerprint density at radius 2 is 2.26 bits per heavy atom. The third kappa shape index (κ3) is 3.12. The predicted molar refractivity (Wildman–Crippen MR) is 64.4 cm³/mol. The molecule has 0 bridgehead atoms. The van der Waals surface area contributed by atoms with Crippen molar-refractivity contribution in [1.29, 1.82) is 0 Å². The first-order valence-corrected chi connectivity index (χ1v) is 6.10. The Balaban J connectivity index is 1.96. The van der Waals surface area contributed by atoms with E-state index in [-0.39, 0.29) is 11.7 Å². The van der Waals surface area contributed by atoms with Crippen LogP contribution >= 0.6 is 0 Å². The first-order valence-electron chi connectivity index (χ1n) is 6.10. The van der Waals surface area contributed by atoms with Gasteiger partial charge in [0, 0.05) is 25.1 Å². The Morgan fingerprint density at radius 3 is 2.79 bits per heavy atom. The predicted octanol–water partition coefficient (Wildman–Crippen LogP) is -0.447. The number of rotatable bonds is 5. The van der Waals surface area contributed by atoms with Gasteiger partial charge in [0.1, 0.15) is 0 Å². The van der Waals surface area contributed by atoms with E-state index >= 15 is 0 Å². The van der Waals surface area contributed by atoms with Gasteiger partial charge in [-0.3, -0.25) is 4.79 Å². The van der Waals surface area contributed by atoms with E-state index < -0.39 is 17.6 Å². The monoisotopic (exact) mass is 270 g/mol. The van der Waals surface area contributed by atoms with Crippen LogP contribution in [0, 0.1) is 5.41 Å². The molecule has 3 N–H and O–H groups in total. The fourth-order valence-electron chi connectivity index (χ4n) is 2.55. The van der Waals surface area contributed by atoms with E-state index in [0.29, 0.717) is 26.0 Å². The average molecular weight is 270 g/mol. The highest BCUT2D eigenvalue weighted by molar-refractivity contribution is 5.91. The second-order valence-electron chi connectivity index (χ2n) is 5.04. The zero-order valence-corrected chi connectivity index (χ0v) is 10.7. The van der Waals surface area contributed by atoms with Gasteiger partial charge >= 0.3 is 0 Å². The molecule has 2 atom stereocenters. The summed E-state index contributed by atoms with van der Waals surface area (Å²) in [5, 5.41) is 25.5. The van der Waals surface area contributed by atoms with Crippen LogP contribution in [0.2, 0.25) is 0 Å². The SMILES string of the molecule is COCC1(CNC(=O)c2ccno2)CC(O)C(O)C1. The highest BCUT2D eigenvalue weighted by Crippen LogP contribution is 2.38. The molecule has 2 rings (SSSR count). The average Bonchev–Trinajstić information content (AvgIpc) is 2.97. The van der Waals surface area contributed by atoms with Crippen molar-refractivity contribution < 1.29 is 24.3 Å². The molecule has 2 unspecified atom stereocenters. The Bertz CT molecular complexity index is 410. The number of carbonyl (C=O) groups is 1. The highest BCUT2D eigenvalue weighted by Gasteiger charge is 2.44. The van der Waals surface area contributed by atoms with Crippen LogP contribution in [0.3, 0.4) is 0 Å². The number of nitrogens with zero attached hydrogens (tertiary/aromatic N) is 1. The number of hydrogen-bond acceptors (Lipinski definition) is 6. The van der Waals surface area contributed by atoms with E-state index in [4.69, 9.17) is 9.26 Å². The zero-order chi connectivity index (χ0) is 13.9. The van der Waals surface area contributed by atoms with Gasteiger partial charge in [0.15, 0.2) is 0 Å². The molecule has 1 aromatic heterocycles. The molecule has 1 aliphatic carbocycles. The largest absolute Gasteiger partial charge is 0.390 e. The molecule has 0 aromatic carbocycles. The van der Waals surface area contributed by atoms with Gasteiger partial charge in [-0.05, 0) is 12.8 Å². The maximum atomic E-state index is 11.8. The molecule has 7 heteroatoms. The van der Waals surface area contributed by atoms with Crippen molar-refractivity contribution in [2.45, 2.75) is 25.0 Å². The Morgan fingerprint density at radius 1 is 1.58 bits per heavy atom. The molecule has 1 heterocycles. The van der Waals surface area contributed by atoms with Crippen LogP contribution in [-0.4, -0.2) is 53.7 Å². The van der Waals surface area contributed by atoms with Gasteiger partial charge in [0.05, 0.1) is 25.0 Å². The van der Waals surface area contributed by atoms with Crippen LogP contribution in [0.1, 0.15) is 23.4 Å². The lowest BCUT2D eigenvalue weighted by atomic mass is 9.86. The maximum absolute atomic E-state index is 11.8. The van der Waals surface area contributed by atoms with Gasteiger partial charge in [0.2, 0.25) is 5.76 Å². The van der Waals surface area contributed by atoms with Crippen molar-refractivity contribution in [1.82, 2.24) is 10.5 Å². The molecular weight excluding hydrogens is 252 g/mol. The molecule has 1 aromatic rings. The van der Waals surface area contributed by atoms with Crippen molar-refractivity contribution in [2.75, 3.05) is 20.3 Å². The summed E-state index contributed by atoms with van der Waals surface area (Å²) < 4.78 is 9.89. The summed E-state index contributed by atoms with van der Waals surface area (Å²) in [4.78, 5) is 11.8. The Labute approximate surface area is 110 Å². The molecule has 1 saturated carbocycles. The van der Waals surface area contributed by atoms with Crippen molar-refractivity contribution in [3.63, 3.8) is 0 Å². The number of nitrogens with one attached hydrogen (secondary N) is 1. The Hall–Kier alpha value is -1.44. The lowest BCUT2D eigenvalue weighted by Crippen LogP contribution is -2.39. The van der Waals surface area contributed by atoms with Gasteiger partial charge in [0.25, 0.3) is 5.91 Å².